The molecule has 2 unspecified atom stereocenters. The molecule has 2 rings (SSSR count). The molecule has 0 fully saturated rings. The van der Waals surface area contributed by atoms with E-state index in [4.69, 9.17) is 25.4 Å². The number of likely N-dealkylation sites (N-methyl/N-ethyl adjacent to an activating group) is 1. The van der Waals surface area contributed by atoms with Gasteiger partial charge < -0.3 is 15.8 Å². The Morgan fingerprint density at radius 3 is 2.44 bits per heavy atom. The Balaban J connectivity index is 0.00000134. The highest BCUT2D eigenvalue weighted by atomic mass is 16.4. The molecule has 0 aromatic heterocycles. The van der Waals surface area contributed by atoms with E-state index in [2.05, 4.69) is 36.1 Å². The average Bonchev–Trinajstić information content (AvgIpc) is 2.57. The van der Waals surface area contributed by atoms with Gasteiger partial charge in [-0.2, -0.15) is 9.59 Å². The Morgan fingerprint density at radius 2 is 1.88 bits per heavy atom. The highest BCUT2D eigenvalue weighted by molar-refractivity contribution is 6.40. The number of rotatable bonds is 7. The minimum Gasteiger partial charge on any atom is -0.427 e. The van der Waals surface area contributed by atoms with Crippen LogP contribution in [-0.2, 0) is 22.6 Å². The van der Waals surface area contributed by atoms with Crippen molar-refractivity contribution in [1.29, 1.82) is 0 Å². The zero-order valence-corrected chi connectivity index (χ0v) is 14.2. The molecular weight excluding hydrogens is 319 g/mol. The lowest BCUT2D eigenvalue weighted by Crippen LogP contribution is -2.51. The summed E-state index contributed by atoms with van der Waals surface area (Å²) in [6.45, 7) is 4.19. The number of benzene rings is 1. The van der Waals surface area contributed by atoms with Gasteiger partial charge in [0.2, 0.25) is 0 Å². The monoisotopic (exact) mass is 350 g/mol. The minimum atomic E-state index is -1.19. The summed E-state index contributed by atoms with van der Waals surface area (Å²) in [6.07, 6.45) is 4.43. The fourth-order valence-electron chi connectivity index (χ4n) is 3.27. The molecule has 140 valence electrons. The van der Waals surface area contributed by atoms with Gasteiger partial charge in [0.1, 0.15) is 0 Å². The maximum Gasteiger partial charge on any atom is 0.451 e. The van der Waals surface area contributed by atoms with E-state index >= 15 is 0 Å². The van der Waals surface area contributed by atoms with Gasteiger partial charge in [0, 0.05) is 18.6 Å². The van der Waals surface area contributed by atoms with Crippen molar-refractivity contribution < 1.29 is 19.6 Å². The number of carbonyl (C=O) groups excluding carboxylic acids is 2. The molecule has 1 aliphatic rings. The van der Waals surface area contributed by atoms with Gasteiger partial charge >= 0.3 is 13.3 Å². The molecule has 0 radical (unpaired) electrons. The summed E-state index contributed by atoms with van der Waals surface area (Å²) in [5.74, 6) is 0. The van der Waals surface area contributed by atoms with E-state index in [0.29, 0.717) is 12.4 Å². The maximum atomic E-state index is 8.87. The van der Waals surface area contributed by atoms with Crippen LogP contribution in [0.4, 0.5) is 0 Å². The number of nitrogens with two attached hydrogens (primary N) is 1. The largest absolute Gasteiger partial charge is 0.451 e. The molecule has 2 atom stereocenters. The average molecular weight is 350 g/mol. The highest BCUT2D eigenvalue weighted by Gasteiger charge is 2.29. The SMILES string of the molecule is C.CCN1Cc2ccccc2CC1C(N)CCCCB(O)O.O=C=O. The fourth-order valence-corrected chi connectivity index (χ4v) is 3.27. The number of hydrogen-bond donors (Lipinski definition) is 3. The number of unbranched alkanes of at least 4 members (excludes halogenated alkanes) is 1. The van der Waals surface area contributed by atoms with Crippen LogP contribution in [0.5, 0.6) is 0 Å². The van der Waals surface area contributed by atoms with Crippen molar-refractivity contribution in [3.8, 4) is 0 Å². The van der Waals surface area contributed by atoms with E-state index in [1.807, 2.05) is 0 Å². The first-order valence-corrected chi connectivity index (χ1v) is 8.45. The topological polar surface area (TPSA) is 104 Å². The molecular formula is C18H31BN2O4. The van der Waals surface area contributed by atoms with E-state index in [1.54, 1.807) is 0 Å². The van der Waals surface area contributed by atoms with Gasteiger partial charge in [-0.25, -0.2) is 0 Å². The van der Waals surface area contributed by atoms with Crippen molar-refractivity contribution in [2.45, 2.75) is 65.0 Å². The molecule has 7 heteroatoms. The van der Waals surface area contributed by atoms with Crippen molar-refractivity contribution in [3.63, 3.8) is 0 Å². The molecule has 0 saturated heterocycles. The lowest BCUT2D eigenvalue weighted by molar-refractivity contribution is -0.191. The van der Waals surface area contributed by atoms with E-state index in [0.717, 1.165) is 38.8 Å². The molecule has 4 N–H and O–H groups in total. The van der Waals surface area contributed by atoms with Crippen LogP contribution < -0.4 is 5.73 Å². The quantitative estimate of drug-likeness (QED) is 0.508. The predicted octanol–water partition coefficient (Wildman–Crippen LogP) is 1.46. The van der Waals surface area contributed by atoms with E-state index in [1.165, 1.54) is 11.1 Å². The van der Waals surface area contributed by atoms with Gasteiger partial charge in [-0.15, -0.1) is 0 Å². The van der Waals surface area contributed by atoms with Crippen LogP contribution >= 0.6 is 0 Å². The lowest BCUT2D eigenvalue weighted by atomic mass is 9.82. The second kappa shape index (κ2) is 12.8. The third-order valence-electron chi connectivity index (χ3n) is 4.54. The zero-order valence-electron chi connectivity index (χ0n) is 14.2. The van der Waals surface area contributed by atoms with E-state index < -0.39 is 7.12 Å². The van der Waals surface area contributed by atoms with Gasteiger partial charge in [-0.1, -0.05) is 51.5 Å². The number of hydrogen-bond acceptors (Lipinski definition) is 6. The fraction of sp³-hybridized carbons (Fsp3) is 0.611. The van der Waals surface area contributed by atoms with Crippen LogP contribution in [0.1, 0.15) is 44.7 Å². The molecule has 0 amide bonds. The third kappa shape index (κ3) is 7.95. The predicted molar refractivity (Wildman–Crippen MR) is 98.6 cm³/mol. The lowest BCUT2D eigenvalue weighted by Gasteiger charge is -2.39. The zero-order chi connectivity index (χ0) is 17.9. The van der Waals surface area contributed by atoms with Crippen LogP contribution in [0.15, 0.2) is 24.3 Å². The van der Waals surface area contributed by atoms with Crippen LogP contribution in [0.25, 0.3) is 0 Å². The Hall–Kier alpha value is -1.50. The molecule has 1 aromatic rings. The maximum absolute atomic E-state index is 8.87. The van der Waals surface area contributed by atoms with E-state index in [-0.39, 0.29) is 19.6 Å². The molecule has 1 aliphatic heterocycles. The summed E-state index contributed by atoms with van der Waals surface area (Å²) in [5.41, 5.74) is 9.27. The Bertz CT molecular complexity index is 522. The standard InChI is InChI=1S/C16H27BN2O2.CO2.CH4/c1-2-19-12-14-8-4-3-7-13(14)11-16(19)15(18)9-5-6-10-17(20)21;2-1-3;/h3-4,7-8,15-16,20-21H,2,5-6,9-12,18H2,1H3;;1H4. The van der Waals surface area contributed by atoms with Crippen molar-refractivity contribution in [2.75, 3.05) is 6.54 Å². The Morgan fingerprint density at radius 1 is 1.28 bits per heavy atom. The second-order valence-electron chi connectivity index (χ2n) is 6.12. The van der Waals surface area contributed by atoms with Crippen molar-refractivity contribution in [3.05, 3.63) is 35.4 Å². The van der Waals surface area contributed by atoms with Crippen LogP contribution in [-0.4, -0.2) is 46.8 Å². The molecule has 0 saturated carbocycles. The number of fused-ring (bicyclic) bond motifs is 1. The van der Waals surface area contributed by atoms with E-state index in [9.17, 15) is 0 Å². The van der Waals surface area contributed by atoms with Crippen molar-refractivity contribution >= 4 is 13.3 Å². The molecule has 0 spiro atoms. The molecule has 25 heavy (non-hydrogen) atoms. The first-order valence-electron chi connectivity index (χ1n) is 8.45. The van der Waals surface area contributed by atoms with Crippen molar-refractivity contribution in [1.82, 2.24) is 4.90 Å². The summed E-state index contributed by atoms with van der Waals surface area (Å²) in [5, 5.41) is 17.7. The van der Waals surface area contributed by atoms with Gasteiger partial charge in [-0.05, 0) is 36.8 Å². The first-order chi connectivity index (χ1) is 11.5. The summed E-state index contributed by atoms with van der Waals surface area (Å²) in [6, 6.07) is 9.17. The molecule has 6 nitrogen and oxygen atoms in total. The van der Waals surface area contributed by atoms with Crippen LogP contribution in [0.3, 0.4) is 0 Å². The first kappa shape index (κ1) is 23.5. The number of nitrogens with zero attached hydrogens (tertiary/aromatic N) is 1. The van der Waals surface area contributed by atoms with Gasteiger partial charge in [0.05, 0.1) is 0 Å². The summed E-state index contributed by atoms with van der Waals surface area (Å²) in [7, 11) is -1.19. The smallest absolute Gasteiger partial charge is 0.427 e. The van der Waals surface area contributed by atoms with Gasteiger partial charge in [-0.3, -0.25) is 4.90 Å². The molecule has 1 heterocycles. The van der Waals surface area contributed by atoms with Gasteiger partial charge in [0.25, 0.3) is 0 Å². The Labute approximate surface area is 151 Å². The Kier molecular flexibility index (Phi) is 12.0. The summed E-state index contributed by atoms with van der Waals surface area (Å²) < 4.78 is 0. The summed E-state index contributed by atoms with van der Waals surface area (Å²) >= 11 is 0. The van der Waals surface area contributed by atoms with Crippen LogP contribution in [0.2, 0.25) is 6.32 Å². The third-order valence-corrected chi connectivity index (χ3v) is 4.54. The second-order valence-corrected chi connectivity index (χ2v) is 6.12. The van der Waals surface area contributed by atoms with Gasteiger partial charge in [0.15, 0.2) is 0 Å². The van der Waals surface area contributed by atoms with Crippen molar-refractivity contribution in [2.24, 2.45) is 5.73 Å². The molecule has 1 aromatic carbocycles. The molecule has 0 bridgehead atoms. The molecule has 0 aliphatic carbocycles. The van der Waals surface area contributed by atoms with Crippen LogP contribution in [0, 0.1) is 0 Å². The highest BCUT2D eigenvalue weighted by Crippen LogP contribution is 2.25. The minimum absolute atomic E-state index is 0. The normalized spacial score (nSPS) is 17.2. The summed E-state index contributed by atoms with van der Waals surface area (Å²) in [4.78, 5) is 18.7.